The van der Waals surface area contributed by atoms with Crippen molar-refractivity contribution < 1.29 is 5.11 Å². The summed E-state index contributed by atoms with van der Waals surface area (Å²) >= 11 is 0. The van der Waals surface area contributed by atoms with Crippen LogP contribution in [0.2, 0.25) is 0 Å². The molecule has 0 saturated heterocycles. The third kappa shape index (κ3) is 1.98. The average Bonchev–Trinajstić information content (AvgIpc) is 2.29. The highest BCUT2D eigenvalue weighted by Gasteiger charge is 2.40. The molecule has 1 aromatic rings. The number of hydrogen-bond donors (Lipinski definition) is 1. The highest BCUT2D eigenvalue weighted by Crippen LogP contribution is 2.42. The van der Waals surface area contributed by atoms with Gasteiger partial charge in [0, 0.05) is 5.41 Å². The summed E-state index contributed by atoms with van der Waals surface area (Å²) in [5, 5.41) is 10.6. The maximum Gasteiger partial charge on any atom is 0.0955 e. The van der Waals surface area contributed by atoms with E-state index in [-0.39, 0.29) is 5.41 Å². The first-order valence-corrected chi connectivity index (χ1v) is 5.39. The van der Waals surface area contributed by atoms with Crippen molar-refractivity contribution in [3.05, 3.63) is 48.6 Å². The van der Waals surface area contributed by atoms with Crippen molar-refractivity contribution in [1.29, 1.82) is 0 Å². The maximum absolute atomic E-state index is 10.6. The normalized spacial score (nSPS) is 18.9. The van der Waals surface area contributed by atoms with Crippen molar-refractivity contribution in [2.24, 2.45) is 5.41 Å². The summed E-state index contributed by atoms with van der Waals surface area (Å²) in [5.74, 6) is 0. The minimum atomic E-state index is -0.870. The standard InChI is InChI=1S/C14H20O/c1-5-13(3,6-2)14(4,15)12-10-8-7-9-11-12/h5,7-11,15H,1,6H2,2-4H3/t13-,14-/m0/s1. The summed E-state index contributed by atoms with van der Waals surface area (Å²) in [7, 11) is 0. The second kappa shape index (κ2) is 4.19. The molecule has 15 heavy (non-hydrogen) atoms. The lowest BCUT2D eigenvalue weighted by molar-refractivity contribution is -0.0421. The lowest BCUT2D eigenvalue weighted by Crippen LogP contribution is -2.39. The molecule has 0 saturated carbocycles. The molecule has 0 bridgehead atoms. The van der Waals surface area contributed by atoms with E-state index >= 15 is 0 Å². The summed E-state index contributed by atoms with van der Waals surface area (Å²) in [6.07, 6.45) is 2.71. The first kappa shape index (κ1) is 12.0. The fourth-order valence-electron chi connectivity index (χ4n) is 1.78. The molecular formula is C14H20O. The van der Waals surface area contributed by atoms with E-state index in [0.29, 0.717) is 0 Å². The SMILES string of the molecule is C=C[C@@](C)(CC)[C@@](C)(O)c1ccccc1. The molecule has 1 N–H and O–H groups in total. The van der Waals surface area contributed by atoms with E-state index in [2.05, 4.69) is 13.5 Å². The highest BCUT2D eigenvalue weighted by atomic mass is 16.3. The van der Waals surface area contributed by atoms with Crippen molar-refractivity contribution in [2.45, 2.75) is 32.8 Å². The zero-order valence-electron chi connectivity index (χ0n) is 9.83. The van der Waals surface area contributed by atoms with E-state index in [1.807, 2.05) is 50.3 Å². The number of rotatable bonds is 4. The van der Waals surface area contributed by atoms with Crippen LogP contribution in [0.4, 0.5) is 0 Å². The number of benzene rings is 1. The first-order valence-electron chi connectivity index (χ1n) is 5.39. The molecule has 0 unspecified atom stereocenters. The van der Waals surface area contributed by atoms with E-state index in [9.17, 15) is 5.11 Å². The quantitative estimate of drug-likeness (QED) is 0.744. The fraction of sp³-hybridized carbons (Fsp3) is 0.429. The molecule has 0 fully saturated rings. The topological polar surface area (TPSA) is 20.2 Å². The second-order valence-corrected chi connectivity index (χ2v) is 4.41. The van der Waals surface area contributed by atoms with Crippen LogP contribution in [-0.4, -0.2) is 5.11 Å². The molecule has 0 heterocycles. The monoisotopic (exact) mass is 204 g/mol. The minimum Gasteiger partial charge on any atom is -0.385 e. The van der Waals surface area contributed by atoms with Crippen molar-refractivity contribution in [3.8, 4) is 0 Å². The van der Waals surface area contributed by atoms with Gasteiger partial charge in [0.05, 0.1) is 5.60 Å². The van der Waals surface area contributed by atoms with Gasteiger partial charge in [0.1, 0.15) is 0 Å². The van der Waals surface area contributed by atoms with Gasteiger partial charge in [0.2, 0.25) is 0 Å². The predicted octanol–water partition coefficient (Wildman–Crippen LogP) is 3.50. The predicted molar refractivity (Wildman–Crippen MR) is 64.6 cm³/mol. The van der Waals surface area contributed by atoms with Crippen LogP contribution in [0.25, 0.3) is 0 Å². The van der Waals surface area contributed by atoms with Crippen molar-refractivity contribution >= 4 is 0 Å². The molecule has 0 aliphatic rings. The molecule has 0 aromatic heterocycles. The molecule has 0 spiro atoms. The Balaban J connectivity index is 3.17. The smallest absolute Gasteiger partial charge is 0.0955 e. The molecule has 82 valence electrons. The Morgan fingerprint density at radius 2 is 1.80 bits per heavy atom. The molecule has 2 atom stereocenters. The van der Waals surface area contributed by atoms with Gasteiger partial charge in [0.25, 0.3) is 0 Å². The molecule has 0 radical (unpaired) electrons. The largest absolute Gasteiger partial charge is 0.385 e. The van der Waals surface area contributed by atoms with Gasteiger partial charge in [-0.05, 0) is 18.9 Å². The van der Waals surface area contributed by atoms with Gasteiger partial charge in [-0.3, -0.25) is 0 Å². The van der Waals surface area contributed by atoms with Gasteiger partial charge in [0.15, 0.2) is 0 Å². The molecule has 1 nitrogen and oxygen atoms in total. The molecule has 0 aliphatic carbocycles. The minimum absolute atomic E-state index is 0.297. The van der Waals surface area contributed by atoms with Crippen LogP contribution < -0.4 is 0 Å². The van der Waals surface area contributed by atoms with Crippen LogP contribution in [0.1, 0.15) is 32.8 Å². The first-order chi connectivity index (χ1) is 6.98. The van der Waals surface area contributed by atoms with Crippen LogP contribution in [-0.2, 0) is 5.60 Å². The highest BCUT2D eigenvalue weighted by molar-refractivity contribution is 5.26. The Hall–Kier alpha value is -1.08. The second-order valence-electron chi connectivity index (χ2n) is 4.41. The fourth-order valence-corrected chi connectivity index (χ4v) is 1.78. The van der Waals surface area contributed by atoms with Gasteiger partial charge in [-0.2, -0.15) is 0 Å². The van der Waals surface area contributed by atoms with Crippen molar-refractivity contribution in [3.63, 3.8) is 0 Å². The van der Waals surface area contributed by atoms with Gasteiger partial charge in [-0.25, -0.2) is 0 Å². The van der Waals surface area contributed by atoms with E-state index < -0.39 is 5.60 Å². The molecular weight excluding hydrogens is 184 g/mol. The van der Waals surface area contributed by atoms with Gasteiger partial charge >= 0.3 is 0 Å². The average molecular weight is 204 g/mol. The Bertz CT molecular complexity index is 326. The lowest BCUT2D eigenvalue weighted by Gasteiger charge is -2.40. The van der Waals surface area contributed by atoms with Crippen LogP contribution in [0.15, 0.2) is 43.0 Å². The molecule has 1 heteroatoms. The summed E-state index contributed by atoms with van der Waals surface area (Å²) in [6.45, 7) is 9.79. The Kier molecular flexibility index (Phi) is 3.35. The summed E-state index contributed by atoms with van der Waals surface area (Å²) in [5.41, 5.74) is -0.228. The zero-order chi connectivity index (χ0) is 11.5. The summed E-state index contributed by atoms with van der Waals surface area (Å²) in [4.78, 5) is 0. The van der Waals surface area contributed by atoms with E-state index in [1.165, 1.54) is 0 Å². The van der Waals surface area contributed by atoms with Gasteiger partial charge in [-0.15, -0.1) is 6.58 Å². The van der Waals surface area contributed by atoms with E-state index in [1.54, 1.807) is 0 Å². The zero-order valence-corrected chi connectivity index (χ0v) is 9.83. The molecule has 0 aliphatic heterocycles. The van der Waals surface area contributed by atoms with E-state index in [4.69, 9.17) is 0 Å². The van der Waals surface area contributed by atoms with Crippen LogP contribution in [0.5, 0.6) is 0 Å². The van der Waals surface area contributed by atoms with Crippen LogP contribution in [0, 0.1) is 5.41 Å². The van der Waals surface area contributed by atoms with Gasteiger partial charge in [-0.1, -0.05) is 50.3 Å². The molecule has 1 rings (SSSR count). The number of hydrogen-bond acceptors (Lipinski definition) is 1. The molecule has 1 aromatic carbocycles. The third-order valence-corrected chi connectivity index (χ3v) is 3.63. The van der Waals surface area contributed by atoms with Crippen LogP contribution >= 0.6 is 0 Å². The van der Waals surface area contributed by atoms with E-state index in [0.717, 1.165) is 12.0 Å². The van der Waals surface area contributed by atoms with Crippen molar-refractivity contribution in [2.75, 3.05) is 0 Å². The Labute approximate surface area is 92.5 Å². The summed E-state index contributed by atoms with van der Waals surface area (Å²) < 4.78 is 0. The Morgan fingerprint density at radius 1 is 1.27 bits per heavy atom. The molecule has 0 amide bonds. The Morgan fingerprint density at radius 3 is 2.20 bits per heavy atom. The third-order valence-electron chi connectivity index (χ3n) is 3.63. The summed E-state index contributed by atoms with van der Waals surface area (Å²) in [6, 6.07) is 9.76. The maximum atomic E-state index is 10.6. The van der Waals surface area contributed by atoms with Gasteiger partial charge < -0.3 is 5.11 Å². The number of aliphatic hydroxyl groups is 1. The lowest BCUT2D eigenvalue weighted by atomic mass is 9.69. The van der Waals surface area contributed by atoms with Crippen molar-refractivity contribution in [1.82, 2.24) is 0 Å². The van der Waals surface area contributed by atoms with Crippen LogP contribution in [0.3, 0.4) is 0 Å².